The third-order valence-electron chi connectivity index (χ3n) is 29.2. The summed E-state index contributed by atoms with van der Waals surface area (Å²) < 4.78 is 14.6. The van der Waals surface area contributed by atoms with Crippen LogP contribution in [-0.2, 0) is 0 Å². The van der Waals surface area contributed by atoms with Crippen molar-refractivity contribution in [2.24, 2.45) is 0 Å². The molecule has 29 rings (SSSR count). The Labute approximate surface area is 833 Å². The van der Waals surface area contributed by atoms with Gasteiger partial charge in [-0.05, 0) is 253 Å². The molecule has 6 heteroatoms. The minimum Gasteiger partial charge on any atom is -0.309 e. The van der Waals surface area contributed by atoms with Gasteiger partial charge in [0.25, 0.3) is 0 Å². The fraction of sp³-hybridized carbons (Fsp3) is 0. The van der Waals surface area contributed by atoms with Crippen molar-refractivity contribution in [3.63, 3.8) is 0 Å². The summed E-state index contributed by atoms with van der Waals surface area (Å²) in [6.45, 7) is 0. The highest BCUT2D eigenvalue weighted by Gasteiger charge is 2.27. The van der Waals surface area contributed by atoms with Gasteiger partial charge in [0.1, 0.15) is 0 Å². The number of hydrogen-bond donors (Lipinski definition) is 0. The van der Waals surface area contributed by atoms with E-state index in [2.05, 4.69) is 586 Å². The van der Waals surface area contributed by atoms with Crippen molar-refractivity contribution >= 4 is 131 Å². The monoisotopic (exact) mass is 1830 g/mol. The van der Waals surface area contributed by atoms with Gasteiger partial charge in [-0.25, -0.2) is 0 Å². The topological polar surface area (TPSA) is 29.6 Å². The lowest BCUT2D eigenvalue weighted by molar-refractivity contribution is 1.17. The second-order valence-corrected chi connectivity index (χ2v) is 37.3. The average molecular weight is 1830 g/mol. The third-order valence-corrected chi connectivity index (χ3v) is 29.2. The van der Waals surface area contributed by atoms with Crippen LogP contribution < -0.4 is 0 Å². The van der Waals surface area contributed by atoms with E-state index in [0.717, 1.165) is 28.4 Å². The second kappa shape index (κ2) is 35.7. The van der Waals surface area contributed by atoms with Gasteiger partial charge in [0.15, 0.2) is 0 Å². The first kappa shape index (κ1) is 84.2. The highest BCUT2D eigenvalue weighted by molar-refractivity contribution is 6.32. The molecule has 0 radical (unpaired) electrons. The molecule has 0 aliphatic heterocycles. The zero-order valence-corrected chi connectivity index (χ0v) is 78.8. The maximum atomic E-state index is 2.45. The van der Waals surface area contributed by atoms with E-state index in [1.807, 2.05) is 0 Å². The maximum Gasteiger partial charge on any atom is 0.0548 e. The Kier molecular flexibility index (Phi) is 20.9. The minimum absolute atomic E-state index is 1.15. The summed E-state index contributed by atoms with van der Waals surface area (Å²) in [6, 6.07) is 202. The molecule has 23 aromatic carbocycles. The molecule has 0 spiro atoms. The molecule has 0 saturated carbocycles. The molecule has 0 amide bonds. The molecule has 0 fully saturated rings. The second-order valence-electron chi connectivity index (χ2n) is 37.3. The van der Waals surface area contributed by atoms with Gasteiger partial charge in [0.05, 0.1) is 66.2 Å². The first-order valence-corrected chi connectivity index (χ1v) is 49.5. The molecule has 6 aromatic heterocycles. The molecular formula is C138H92N6. The number of rotatable bonds is 14. The van der Waals surface area contributed by atoms with E-state index in [4.69, 9.17) is 0 Å². The van der Waals surface area contributed by atoms with Crippen LogP contribution in [0.15, 0.2) is 558 Å². The van der Waals surface area contributed by atoms with Crippen LogP contribution in [0.1, 0.15) is 0 Å². The highest BCUT2D eigenvalue weighted by atomic mass is 15.0. The standard InChI is InChI=1S/2C48H32N2.C42H28N2/c1-4-13-33(14-5-1)36-23-26-39(27-24-36)49-43-22-11-10-21-41(43)47-45(49)29-30-46-48(47)42-32-38(35-17-8-3-9-18-35)25-28-44(42)50(46)40-20-12-19-37(31-40)34-15-6-2-7-16-34;1-4-12-33(13-5-1)36-20-25-39(26-21-36)49-43-19-11-10-18-41(43)47-45(49)30-31-46-48(47)42-32-38(35-16-8-3-9-17-35)24-29-44(42)50(46)40-27-22-37(23-28-40)34-14-6-2-7-15-34;1-4-12-29(13-5-1)31-20-23-34(24-21-31)44-37-19-11-10-18-35(37)41-39(44)26-27-40-42(41)36-28-32(30-14-6-2-7-15-30)22-25-38(36)43(40)33-16-8-3-9-17-33/h2*1-32H;1-28H. The van der Waals surface area contributed by atoms with Crippen LogP contribution in [0.5, 0.6) is 0 Å². The lowest BCUT2D eigenvalue weighted by atomic mass is 10.0. The summed E-state index contributed by atoms with van der Waals surface area (Å²) in [5.74, 6) is 0. The van der Waals surface area contributed by atoms with E-state index in [-0.39, 0.29) is 0 Å². The van der Waals surface area contributed by atoms with Gasteiger partial charge in [0, 0.05) is 98.8 Å². The Morgan fingerprint density at radius 2 is 0.236 bits per heavy atom. The van der Waals surface area contributed by atoms with E-state index < -0.39 is 0 Å². The number of benzene rings is 23. The number of para-hydroxylation sites is 4. The molecule has 6 heterocycles. The Bertz CT molecular complexity index is 9900. The zero-order chi connectivity index (χ0) is 95.1. The van der Waals surface area contributed by atoms with Crippen molar-refractivity contribution in [1.29, 1.82) is 0 Å². The van der Waals surface area contributed by atoms with Crippen LogP contribution in [0, 0.1) is 0 Å². The van der Waals surface area contributed by atoms with Crippen LogP contribution in [0.3, 0.4) is 0 Å². The van der Waals surface area contributed by atoms with Crippen molar-refractivity contribution in [3.05, 3.63) is 558 Å². The van der Waals surface area contributed by atoms with Gasteiger partial charge in [-0.3, -0.25) is 0 Å². The van der Waals surface area contributed by atoms with Crippen molar-refractivity contribution < 1.29 is 0 Å². The lowest BCUT2D eigenvalue weighted by Crippen LogP contribution is -1.95. The molecule has 0 unspecified atom stereocenters. The number of hydrogen-bond acceptors (Lipinski definition) is 0. The minimum atomic E-state index is 1.15. The Hall–Kier alpha value is -19.1. The Morgan fingerprint density at radius 1 is 0.0833 bits per heavy atom. The molecule has 6 nitrogen and oxygen atoms in total. The molecule has 0 saturated heterocycles. The number of nitrogens with zero attached hydrogens (tertiary/aromatic N) is 6. The SMILES string of the molecule is c1ccc(-c2ccc(-n3c4ccccc4c4c5c6cc(-c7ccccc7)ccc6n(-c6ccc(-c7ccccc7)cc6)c5ccc43)cc2)cc1.c1ccc(-c2ccc(-n3c4ccccc4c4c5c6cc(-c7ccccc7)ccc6n(-c6cccc(-c7ccccc7)c6)c5ccc43)cc2)cc1.c1ccc(-c2ccc(-n3c4ccccc4c4c5c6cc(-c7ccccc7)ccc6n(-c6ccccc6)c5ccc43)cc2)cc1. The highest BCUT2D eigenvalue weighted by Crippen LogP contribution is 2.50. The van der Waals surface area contributed by atoms with Crippen molar-refractivity contribution in [2.75, 3.05) is 0 Å². The number of fused-ring (bicyclic) bond motifs is 21. The van der Waals surface area contributed by atoms with Crippen molar-refractivity contribution in [1.82, 2.24) is 27.4 Å². The quantitative estimate of drug-likeness (QED) is 0.104. The fourth-order valence-corrected chi connectivity index (χ4v) is 22.6. The van der Waals surface area contributed by atoms with Crippen molar-refractivity contribution in [3.8, 4) is 123 Å². The van der Waals surface area contributed by atoms with Crippen LogP contribution in [0.2, 0.25) is 0 Å². The molecule has 0 bridgehead atoms. The summed E-state index contributed by atoms with van der Waals surface area (Å²) in [6.07, 6.45) is 0. The molecular weight excluding hydrogens is 1740 g/mol. The largest absolute Gasteiger partial charge is 0.309 e. The first-order valence-electron chi connectivity index (χ1n) is 49.5. The third kappa shape index (κ3) is 14.6. The predicted molar refractivity (Wildman–Crippen MR) is 609 cm³/mol. The van der Waals surface area contributed by atoms with Gasteiger partial charge >= 0.3 is 0 Å². The van der Waals surface area contributed by atoms with Crippen LogP contribution in [0.4, 0.5) is 0 Å². The van der Waals surface area contributed by atoms with Crippen LogP contribution >= 0.6 is 0 Å². The smallest absolute Gasteiger partial charge is 0.0548 e. The first-order chi connectivity index (χ1) is 71.5. The van der Waals surface area contributed by atoms with Gasteiger partial charge in [-0.1, -0.05) is 394 Å². The van der Waals surface area contributed by atoms with E-state index in [9.17, 15) is 0 Å². The van der Waals surface area contributed by atoms with Gasteiger partial charge in [-0.2, -0.15) is 0 Å². The molecule has 29 aromatic rings. The maximum absolute atomic E-state index is 2.45. The molecule has 0 aliphatic rings. The van der Waals surface area contributed by atoms with Crippen LogP contribution in [0.25, 0.3) is 254 Å². The van der Waals surface area contributed by atoms with Crippen molar-refractivity contribution in [2.45, 2.75) is 0 Å². The van der Waals surface area contributed by atoms with Gasteiger partial charge in [-0.15, -0.1) is 0 Å². The fourth-order valence-electron chi connectivity index (χ4n) is 22.6. The molecule has 0 N–H and O–H groups in total. The summed E-state index contributed by atoms with van der Waals surface area (Å²) in [5.41, 5.74) is 40.9. The van der Waals surface area contributed by atoms with E-state index >= 15 is 0 Å². The van der Waals surface area contributed by atoms with E-state index in [0.29, 0.717) is 0 Å². The predicted octanol–water partition coefficient (Wildman–Crippen LogP) is 37.0. The molecule has 144 heavy (non-hydrogen) atoms. The average Bonchev–Trinajstić information content (AvgIpc) is 1.55. The van der Waals surface area contributed by atoms with E-state index in [1.54, 1.807) is 0 Å². The van der Waals surface area contributed by atoms with Gasteiger partial charge < -0.3 is 27.4 Å². The van der Waals surface area contributed by atoms with Gasteiger partial charge in [0.2, 0.25) is 0 Å². The van der Waals surface area contributed by atoms with E-state index in [1.165, 1.54) is 226 Å². The summed E-state index contributed by atoms with van der Waals surface area (Å²) in [7, 11) is 0. The molecule has 0 atom stereocenters. The Balaban J connectivity index is 0.000000108. The number of aromatic nitrogens is 6. The summed E-state index contributed by atoms with van der Waals surface area (Å²) in [4.78, 5) is 0. The summed E-state index contributed by atoms with van der Waals surface area (Å²) in [5, 5.41) is 15.2. The lowest BCUT2D eigenvalue weighted by Gasteiger charge is -2.11. The summed E-state index contributed by atoms with van der Waals surface area (Å²) >= 11 is 0. The zero-order valence-electron chi connectivity index (χ0n) is 78.8. The molecule has 0 aliphatic carbocycles. The molecule has 674 valence electrons. The normalized spacial score (nSPS) is 11.6. The Morgan fingerprint density at radius 3 is 0.486 bits per heavy atom. The van der Waals surface area contributed by atoms with Crippen LogP contribution in [-0.4, -0.2) is 27.4 Å².